The second kappa shape index (κ2) is 8.92. The van der Waals surface area contributed by atoms with Gasteiger partial charge in [0.2, 0.25) is 0 Å². The number of fused-ring (bicyclic) bond motifs is 1. The van der Waals surface area contributed by atoms with Gasteiger partial charge in [-0.3, -0.25) is 4.31 Å². The van der Waals surface area contributed by atoms with Crippen LogP contribution in [0.5, 0.6) is 0 Å². The molecule has 0 aliphatic heterocycles. The maximum absolute atomic E-state index is 13.9. The van der Waals surface area contributed by atoms with Crippen LogP contribution in [0.1, 0.15) is 30.5 Å². The summed E-state index contributed by atoms with van der Waals surface area (Å²) >= 11 is 1.10. The Morgan fingerprint density at radius 2 is 1.57 bits per heavy atom. The number of aliphatic hydroxyl groups is 1. The van der Waals surface area contributed by atoms with Crippen molar-refractivity contribution in [2.75, 3.05) is 4.31 Å². The van der Waals surface area contributed by atoms with Gasteiger partial charge in [0.15, 0.2) is 0 Å². The van der Waals surface area contributed by atoms with Crippen molar-refractivity contribution in [1.29, 1.82) is 0 Å². The van der Waals surface area contributed by atoms with E-state index >= 15 is 0 Å². The first-order valence-electron chi connectivity index (χ1n) is 10.5. The molecular formula is C25H21F4NO3S2. The highest BCUT2D eigenvalue weighted by molar-refractivity contribution is 7.93. The fourth-order valence-corrected chi connectivity index (χ4v) is 6.89. The third-order valence-electron chi connectivity index (χ3n) is 5.41. The molecule has 0 atom stereocenters. The zero-order valence-electron chi connectivity index (χ0n) is 18.7. The normalized spacial score (nSPS) is 12.8. The number of sulfonamides is 1. The Bertz CT molecular complexity index is 1470. The molecule has 0 aliphatic rings. The molecule has 0 bridgehead atoms. The van der Waals surface area contributed by atoms with Crippen LogP contribution in [0.25, 0.3) is 10.1 Å². The van der Waals surface area contributed by atoms with Crippen LogP contribution in [0.3, 0.4) is 0 Å². The SMILES string of the molecule is CC(C)(O)c1c(N(Cc2ccc(F)c(C(F)(F)F)c2)S(=O)(=O)c2ccccc2)sc2ccccc12. The highest BCUT2D eigenvalue weighted by Gasteiger charge is 2.37. The summed E-state index contributed by atoms with van der Waals surface area (Å²) in [6.45, 7) is 2.52. The fourth-order valence-electron chi connectivity index (χ4n) is 3.84. The van der Waals surface area contributed by atoms with Crippen LogP contribution in [0.2, 0.25) is 0 Å². The second-order valence-electron chi connectivity index (χ2n) is 8.47. The Morgan fingerprint density at radius 3 is 2.20 bits per heavy atom. The Hall–Kier alpha value is -2.95. The quantitative estimate of drug-likeness (QED) is 0.287. The molecule has 0 fully saturated rings. The molecule has 0 aliphatic carbocycles. The summed E-state index contributed by atoms with van der Waals surface area (Å²) in [7, 11) is -4.28. The maximum atomic E-state index is 13.9. The number of halogens is 4. The summed E-state index contributed by atoms with van der Waals surface area (Å²) in [6, 6.07) is 16.9. The van der Waals surface area contributed by atoms with Crippen molar-refractivity contribution in [3.8, 4) is 0 Å². The predicted molar refractivity (Wildman–Crippen MR) is 128 cm³/mol. The zero-order valence-corrected chi connectivity index (χ0v) is 20.3. The first kappa shape index (κ1) is 25.2. The van der Waals surface area contributed by atoms with Crippen LogP contribution in [0.15, 0.2) is 77.7 Å². The van der Waals surface area contributed by atoms with E-state index in [0.29, 0.717) is 27.8 Å². The Kier molecular flexibility index (Phi) is 6.41. The van der Waals surface area contributed by atoms with Crippen LogP contribution in [0.4, 0.5) is 22.6 Å². The van der Waals surface area contributed by atoms with Gasteiger partial charge in [-0.2, -0.15) is 13.2 Å². The smallest absolute Gasteiger partial charge is 0.386 e. The minimum atomic E-state index is -4.95. The number of rotatable bonds is 6. The molecule has 0 radical (unpaired) electrons. The Balaban J connectivity index is 1.97. The highest BCUT2D eigenvalue weighted by atomic mass is 32.2. The summed E-state index contributed by atoms with van der Waals surface area (Å²) in [6.07, 6.45) is -4.95. The first-order chi connectivity index (χ1) is 16.3. The minimum Gasteiger partial charge on any atom is -0.386 e. The van der Waals surface area contributed by atoms with E-state index in [1.54, 1.807) is 30.3 Å². The number of hydrogen-bond acceptors (Lipinski definition) is 4. The van der Waals surface area contributed by atoms with Crippen molar-refractivity contribution >= 4 is 36.4 Å². The van der Waals surface area contributed by atoms with E-state index in [0.717, 1.165) is 21.7 Å². The highest BCUT2D eigenvalue weighted by Crippen LogP contribution is 2.46. The standard InChI is InChI=1S/C25H21F4NO3S2/c1-24(2,31)22-18-10-6-7-11-21(18)34-23(22)30(35(32,33)17-8-4-3-5-9-17)15-16-12-13-20(26)19(14-16)25(27,28)29/h3-14,31H,15H2,1-2H3. The lowest BCUT2D eigenvalue weighted by molar-refractivity contribution is -0.140. The summed E-state index contributed by atoms with van der Waals surface area (Å²) in [5.41, 5.74) is -2.68. The van der Waals surface area contributed by atoms with Gasteiger partial charge >= 0.3 is 6.18 Å². The molecule has 1 N–H and O–H groups in total. The molecule has 1 aromatic heterocycles. The molecule has 4 rings (SSSR count). The van der Waals surface area contributed by atoms with Gasteiger partial charge in [-0.25, -0.2) is 12.8 Å². The molecule has 4 nitrogen and oxygen atoms in total. The Labute approximate surface area is 204 Å². The molecule has 0 saturated carbocycles. The topological polar surface area (TPSA) is 57.6 Å². The van der Waals surface area contributed by atoms with Crippen LogP contribution >= 0.6 is 11.3 Å². The molecule has 3 aromatic carbocycles. The van der Waals surface area contributed by atoms with Gasteiger partial charge in [0.25, 0.3) is 10.0 Å². The van der Waals surface area contributed by atoms with Crippen LogP contribution in [-0.4, -0.2) is 13.5 Å². The molecule has 10 heteroatoms. The van der Waals surface area contributed by atoms with E-state index in [1.807, 2.05) is 0 Å². The average Bonchev–Trinajstić information content (AvgIpc) is 3.17. The lowest BCUT2D eigenvalue weighted by atomic mass is 9.96. The summed E-state index contributed by atoms with van der Waals surface area (Å²) < 4.78 is 83.2. The summed E-state index contributed by atoms with van der Waals surface area (Å²) in [4.78, 5) is -0.0719. The number of anilines is 1. The van der Waals surface area contributed by atoms with Crippen molar-refractivity contribution < 1.29 is 31.1 Å². The van der Waals surface area contributed by atoms with Gasteiger partial charge in [-0.1, -0.05) is 42.5 Å². The predicted octanol–water partition coefficient (Wildman–Crippen LogP) is 6.68. The van der Waals surface area contributed by atoms with Gasteiger partial charge in [0, 0.05) is 15.6 Å². The van der Waals surface area contributed by atoms with Crippen molar-refractivity contribution in [2.24, 2.45) is 0 Å². The van der Waals surface area contributed by atoms with Crippen LogP contribution in [0, 0.1) is 5.82 Å². The largest absolute Gasteiger partial charge is 0.419 e. The monoisotopic (exact) mass is 523 g/mol. The molecule has 184 valence electrons. The number of alkyl halides is 3. The van der Waals surface area contributed by atoms with Gasteiger partial charge in [-0.05, 0) is 49.7 Å². The van der Waals surface area contributed by atoms with Crippen molar-refractivity contribution in [3.05, 3.63) is 95.3 Å². The fraction of sp³-hybridized carbons (Fsp3) is 0.200. The number of nitrogens with zero attached hydrogens (tertiary/aromatic N) is 1. The summed E-state index contributed by atoms with van der Waals surface area (Å²) in [5, 5.41) is 11.8. The molecule has 0 saturated heterocycles. The molecule has 1 heterocycles. The van der Waals surface area contributed by atoms with Crippen molar-refractivity contribution in [2.45, 2.75) is 37.1 Å². The summed E-state index contributed by atoms with van der Waals surface area (Å²) in [5.74, 6) is -1.45. The first-order valence-corrected chi connectivity index (χ1v) is 12.7. The van der Waals surface area contributed by atoms with E-state index in [1.165, 1.54) is 38.1 Å². The zero-order chi connectivity index (χ0) is 25.6. The van der Waals surface area contributed by atoms with Crippen LogP contribution in [-0.2, 0) is 28.3 Å². The number of thiophene rings is 1. The molecular weight excluding hydrogens is 502 g/mol. The second-order valence-corrected chi connectivity index (χ2v) is 11.4. The van der Waals surface area contributed by atoms with Crippen molar-refractivity contribution in [3.63, 3.8) is 0 Å². The lowest BCUT2D eigenvalue weighted by Gasteiger charge is -2.28. The Morgan fingerprint density at radius 1 is 0.943 bits per heavy atom. The number of benzene rings is 3. The van der Waals surface area contributed by atoms with Gasteiger partial charge in [-0.15, -0.1) is 11.3 Å². The third kappa shape index (κ3) is 4.91. The van der Waals surface area contributed by atoms with Crippen molar-refractivity contribution in [1.82, 2.24) is 0 Å². The van der Waals surface area contributed by atoms with E-state index in [-0.39, 0.29) is 15.5 Å². The van der Waals surface area contributed by atoms with E-state index in [2.05, 4.69) is 0 Å². The van der Waals surface area contributed by atoms with E-state index in [4.69, 9.17) is 0 Å². The van der Waals surface area contributed by atoms with E-state index in [9.17, 15) is 31.1 Å². The van der Waals surface area contributed by atoms with E-state index < -0.39 is 39.7 Å². The van der Waals surface area contributed by atoms with Gasteiger partial charge < -0.3 is 5.11 Å². The van der Waals surface area contributed by atoms with Gasteiger partial charge in [0.1, 0.15) is 10.8 Å². The molecule has 0 amide bonds. The van der Waals surface area contributed by atoms with Crippen LogP contribution < -0.4 is 4.31 Å². The third-order valence-corrected chi connectivity index (χ3v) is 8.48. The minimum absolute atomic E-state index is 0.0580. The van der Waals surface area contributed by atoms with Gasteiger partial charge in [0.05, 0.1) is 22.6 Å². The molecule has 0 unspecified atom stereocenters. The molecule has 35 heavy (non-hydrogen) atoms. The maximum Gasteiger partial charge on any atom is 0.419 e. The average molecular weight is 524 g/mol. The number of hydrogen-bond donors (Lipinski definition) is 1. The lowest BCUT2D eigenvalue weighted by Crippen LogP contribution is -2.32. The molecule has 0 spiro atoms. The molecule has 4 aromatic rings.